The van der Waals surface area contributed by atoms with E-state index in [0.29, 0.717) is 18.2 Å². The quantitative estimate of drug-likeness (QED) is 0.937. The zero-order valence-corrected chi connectivity index (χ0v) is 12.3. The van der Waals surface area contributed by atoms with Gasteiger partial charge in [0.2, 0.25) is 5.95 Å². The molecule has 19 heavy (non-hydrogen) atoms. The van der Waals surface area contributed by atoms with Gasteiger partial charge in [0, 0.05) is 26.0 Å². The van der Waals surface area contributed by atoms with E-state index in [1.165, 1.54) is 7.11 Å². The van der Waals surface area contributed by atoms with Gasteiger partial charge in [-0.15, -0.1) is 0 Å². The van der Waals surface area contributed by atoms with Gasteiger partial charge < -0.3 is 14.7 Å². The second-order valence-corrected chi connectivity index (χ2v) is 4.98. The second kappa shape index (κ2) is 5.88. The summed E-state index contributed by atoms with van der Waals surface area (Å²) in [5, 5.41) is 9.55. The highest BCUT2D eigenvalue weighted by Crippen LogP contribution is 2.27. The van der Waals surface area contributed by atoms with Crippen LogP contribution in [-0.4, -0.2) is 29.2 Å². The van der Waals surface area contributed by atoms with Crippen molar-refractivity contribution in [3.63, 3.8) is 0 Å². The molecule has 6 heteroatoms. The summed E-state index contributed by atoms with van der Waals surface area (Å²) in [6.45, 7) is 0.623. The number of aromatic nitrogens is 2. The van der Waals surface area contributed by atoms with Gasteiger partial charge in [0.1, 0.15) is 0 Å². The van der Waals surface area contributed by atoms with Crippen LogP contribution in [0.3, 0.4) is 0 Å². The van der Waals surface area contributed by atoms with Crippen molar-refractivity contribution in [3.8, 4) is 11.5 Å². The van der Waals surface area contributed by atoms with Crippen LogP contribution < -0.4 is 9.64 Å². The average Bonchev–Trinajstić information content (AvgIpc) is 2.41. The molecule has 0 aliphatic heterocycles. The van der Waals surface area contributed by atoms with Crippen LogP contribution in [0.1, 0.15) is 5.56 Å². The fourth-order valence-electron chi connectivity index (χ4n) is 1.67. The lowest BCUT2D eigenvalue weighted by molar-refractivity contribution is 0.373. The second-order valence-electron chi connectivity index (χ2n) is 4.06. The number of phenols is 1. The Morgan fingerprint density at radius 2 is 2.00 bits per heavy atom. The number of halogens is 1. The highest BCUT2D eigenvalue weighted by molar-refractivity contribution is 9.10. The van der Waals surface area contributed by atoms with Gasteiger partial charge in [-0.1, -0.05) is 6.07 Å². The van der Waals surface area contributed by atoms with Gasteiger partial charge in [-0.2, -0.15) is 0 Å². The maximum atomic E-state index is 9.55. The minimum atomic E-state index is 0.133. The van der Waals surface area contributed by atoms with Crippen molar-refractivity contribution in [2.24, 2.45) is 0 Å². The van der Waals surface area contributed by atoms with Crippen LogP contribution in [0.4, 0.5) is 5.95 Å². The van der Waals surface area contributed by atoms with E-state index in [1.54, 1.807) is 24.5 Å². The molecule has 5 nitrogen and oxygen atoms in total. The van der Waals surface area contributed by atoms with Gasteiger partial charge in [0.05, 0.1) is 11.6 Å². The molecule has 0 aliphatic carbocycles. The van der Waals surface area contributed by atoms with Gasteiger partial charge >= 0.3 is 0 Å². The number of benzene rings is 1. The van der Waals surface area contributed by atoms with E-state index in [4.69, 9.17) is 4.74 Å². The lowest BCUT2D eigenvalue weighted by Gasteiger charge is -2.17. The Morgan fingerprint density at radius 1 is 1.32 bits per heavy atom. The third-order valence-corrected chi connectivity index (χ3v) is 3.02. The lowest BCUT2D eigenvalue weighted by Crippen LogP contribution is -2.18. The first-order valence-corrected chi connectivity index (χ1v) is 6.44. The summed E-state index contributed by atoms with van der Waals surface area (Å²) in [7, 11) is 3.43. The van der Waals surface area contributed by atoms with Gasteiger partial charge in [-0.25, -0.2) is 9.97 Å². The number of phenolic OH excluding ortho intramolecular Hbond substituents is 1. The molecule has 0 saturated carbocycles. The van der Waals surface area contributed by atoms with Crippen LogP contribution in [-0.2, 0) is 6.54 Å². The molecule has 1 aromatic heterocycles. The first-order valence-electron chi connectivity index (χ1n) is 5.64. The molecule has 0 spiro atoms. The van der Waals surface area contributed by atoms with Crippen molar-refractivity contribution < 1.29 is 9.84 Å². The van der Waals surface area contributed by atoms with E-state index < -0.39 is 0 Å². The minimum absolute atomic E-state index is 0.133. The molecular weight excluding hydrogens is 310 g/mol. The molecule has 0 saturated heterocycles. The molecule has 0 amide bonds. The molecule has 0 atom stereocenters. The van der Waals surface area contributed by atoms with Gasteiger partial charge in [-0.05, 0) is 33.6 Å². The van der Waals surface area contributed by atoms with Crippen LogP contribution >= 0.6 is 15.9 Å². The van der Waals surface area contributed by atoms with Gasteiger partial charge in [0.25, 0.3) is 0 Å². The van der Waals surface area contributed by atoms with Crippen LogP contribution in [0.15, 0.2) is 35.1 Å². The molecule has 1 N–H and O–H groups in total. The summed E-state index contributed by atoms with van der Waals surface area (Å²) in [6.07, 6.45) is 3.41. The van der Waals surface area contributed by atoms with Crippen molar-refractivity contribution in [2.45, 2.75) is 6.54 Å². The molecule has 0 bridgehead atoms. The molecule has 2 aromatic rings. The van der Waals surface area contributed by atoms with E-state index in [1.807, 2.05) is 18.0 Å². The molecule has 1 heterocycles. The molecule has 0 fully saturated rings. The summed E-state index contributed by atoms with van der Waals surface area (Å²) in [5.74, 6) is 1.23. The topological polar surface area (TPSA) is 58.5 Å². The standard InChI is InChI=1S/C13H14BrN3O2/c1-17(13-15-6-10(14)7-16-13)8-9-3-4-11(18)12(5-9)19-2/h3-7,18H,8H2,1-2H3. The Labute approximate surface area is 120 Å². The lowest BCUT2D eigenvalue weighted by atomic mass is 10.2. The fourth-order valence-corrected chi connectivity index (χ4v) is 1.87. The largest absolute Gasteiger partial charge is 0.504 e. The third-order valence-electron chi connectivity index (χ3n) is 2.61. The van der Waals surface area contributed by atoms with E-state index in [9.17, 15) is 5.11 Å². The summed E-state index contributed by atoms with van der Waals surface area (Å²) in [6, 6.07) is 5.25. The highest BCUT2D eigenvalue weighted by atomic mass is 79.9. The molecule has 0 unspecified atom stereocenters. The number of aromatic hydroxyl groups is 1. The molecule has 1 aromatic carbocycles. The maximum absolute atomic E-state index is 9.55. The molecular formula is C13H14BrN3O2. The van der Waals surface area contributed by atoms with Gasteiger partial charge in [-0.3, -0.25) is 0 Å². The Morgan fingerprint density at radius 3 is 2.63 bits per heavy atom. The molecule has 0 aliphatic rings. The van der Waals surface area contributed by atoms with E-state index >= 15 is 0 Å². The highest BCUT2D eigenvalue weighted by Gasteiger charge is 2.07. The molecule has 0 radical (unpaired) electrons. The SMILES string of the molecule is COc1cc(CN(C)c2ncc(Br)cn2)ccc1O. The number of hydrogen-bond acceptors (Lipinski definition) is 5. The van der Waals surface area contributed by atoms with E-state index in [0.717, 1.165) is 10.0 Å². The van der Waals surface area contributed by atoms with E-state index in [-0.39, 0.29) is 5.75 Å². The number of ether oxygens (including phenoxy) is 1. The predicted octanol–water partition coefficient (Wildman–Crippen LogP) is 2.59. The van der Waals surface area contributed by atoms with Crippen molar-refractivity contribution >= 4 is 21.9 Å². The summed E-state index contributed by atoms with van der Waals surface area (Å²) in [5.41, 5.74) is 1.00. The number of anilines is 1. The van der Waals surface area contributed by atoms with Crippen LogP contribution in [0, 0.1) is 0 Å². The number of methoxy groups -OCH3 is 1. The first-order chi connectivity index (χ1) is 9.10. The predicted molar refractivity (Wildman–Crippen MR) is 76.5 cm³/mol. The van der Waals surface area contributed by atoms with Crippen LogP contribution in [0.25, 0.3) is 0 Å². The summed E-state index contributed by atoms with van der Waals surface area (Å²) < 4.78 is 5.93. The number of rotatable bonds is 4. The fraction of sp³-hybridized carbons (Fsp3) is 0.231. The Hall–Kier alpha value is -1.82. The minimum Gasteiger partial charge on any atom is -0.504 e. The Kier molecular flexibility index (Phi) is 4.21. The van der Waals surface area contributed by atoms with Gasteiger partial charge in [0.15, 0.2) is 11.5 Å². The third kappa shape index (κ3) is 3.35. The van der Waals surface area contributed by atoms with Crippen LogP contribution in [0.2, 0.25) is 0 Å². The van der Waals surface area contributed by atoms with Crippen molar-refractivity contribution in [2.75, 3.05) is 19.1 Å². The normalized spacial score (nSPS) is 10.3. The summed E-state index contributed by atoms with van der Waals surface area (Å²) in [4.78, 5) is 10.4. The zero-order valence-electron chi connectivity index (χ0n) is 10.7. The Balaban J connectivity index is 2.14. The number of nitrogens with zero attached hydrogens (tertiary/aromatic N) is 3. The zero-order chi connectivity index (χ0) is 13.8. The smallest absolute Gasteiger partial charge is 0.225 e. The van der Waals surface area contributed by atoms with E-state index in [2.05, 4.69) is 25.9 Å². The van der Waals surface area contributed by atoms with Crippen LogP contribution in [0.5, 0.6) is 11.5 Å². The van der Waals surface area contributed by atoms with Crippen molar-refractivity contribution in [1.82, 2.24) is 9.97 Å². The van der Waals surface area contributed by atoms with Crippen molar-refractivity contribution in [3.05, 3.63) is 40.6 Å². The first kappa shape index (κ1) is 13.6. The monoisotopic (exact) mass is 323 g/mol. The molecule has 100 valence electrons. The summed E-state index contributed by atoms with van der Waals surface area (Å²) >= 11 is 3.30. The Bertz CT molecular complexity index is 560. The number of hydrogen-bond donors (Lipinski definition) is 1. The average molecular weight is 324 g/mol. The molecule has 2 rings (SSSR count). The maximum Gasteiger partial charge on any atom is 0.225 e. The van der Waals surface area contributed by atoms with Crippen molar-refractivity contribution in [1.29, 1.82) is 0 Å².